The molecule has 3 aliphatic rings. The van der Waals surface area contributed by atoms with E-state index in [-0.39, 0.29) is 22.9 Å². The highest BCUT2D eigenvalue weighted by Gasteiger charge is 2.42. The first-order valence-corrected chi connectivity index (χ1v) is 17.2. The lowest BCUT2D eigenvalue weighted by atomic mass is 9.72. The average Bonchev–Trinajstić information content (AvgIpc) is 3.57. The standard InChI is InChI=1S/C33H44F3N3O3S/c1-25(30-14-5-6-21-39(30)43(41,42)29-13-9-12-28(22-29)33(34,35)36)31(40)37-24-27-15-17-32(18-16-27,38-19-7-8-20-38)23-26-10-3-2-4-11-26/h2-4,9-13,22,25,27,30H,5-8,14-21,23-24H2,1H3,(H,37,40). The fraction of sp³-hybridized carbons (Fsp3) is 0.606. The molecule has 0 aromatic heterocycles. The van der Waals surface area contributed by atoms with Crippen LogP contribution in [0.2, 0.25) is 0 Å². The molecule has 5 rings (SSSR count). The maximum atomic E-state index is 13.5. The molecule has 43 heavy (non-hydrogen) atoms. The molecule has 0 spiro atoms. The van der Waals surface area contributed by atoms with Crippen LogP contribution in [0.15, 0.2) is 59.5 Å². The summed E-state index contributed by atoms with van der Waals surface area (Å²) in [5, 5.41) is 3.11. The number of piperidine rings is 1. The zero-order chi connectivity index (χ0) is 30.7. The maximum Gasteiger partial charge on any atom is 0.416 e. The van der Waals surface area contributed by atoms with Gasteiger partial charge in [-0.25, -0.2) is 8.42 Å². The van der Waals surface area contributed by atoms with Crippen molar-refractivity contribution in [1.29, 1.82) is 0 Å². The minimum absolute atomic E-state index is 0.159. The van der Waals surface area contributed by atoms with E-state index in [1.165, 1.54) is 28.8 Å². The second kappa shape index (κ2) is 13.3. The summed E-state index contributed by atoms with van der Waals surface area (Å²) in [7, 11) is -4.21. The predicted molar refractivity (Wildman–Crippen MR) is 161 cm³/mol. The Kier molecular flexibility index (Phi) is 9.88. The van der Waals surface area contributed by atoms with Crippen molar-refractivity contribution in [3.63, 3.8) is 0 Å². The van der Waals surface area contributed by atoms with E-state index in [4.69, 9.17) is 0 Å². The molecule has 2 aromatic carbocycles. The summed E-state index contributed by atoms with van der Waals surface area (Å²) in [6, 6.07) is 14.0. The smallest absolute Gasteiger partial charge is 0.356 e. The Balaban J connectivity index is 1.20. The van der Waals surface area contributed by atoms with Crippen molar-refractivity contribution in [2.45, 2.75) is 93.8 Å². The molecule has 0 radical (unpaired) electrons. The average molecular weight is 620 g/mol. The van der Waals surface area contributed by atoms with Crippen LogP contribution < -0.4 is 5.32 Å². The van der Waals surface area contributed by atoms with Gasteiger partial charge in [0.15, 0.2) is 0 Å². The van der Waals surface area contributed by atoms with Crippen molar-refractivity contribution in [2.24, 2.45) is 11.8 Å². The molecule has 6 nitrogen and oxygen atoms in total. The van der Waals surface area contributed by atoms with Crippen LogP contribution in [-0.4, -0.2) is 61.3 Å². The van der Waals surface area contributed by atoms with E-state index in [0.717, 1.165) is 63.7 Å². The highest BCUT2D eigenvalue weighted by Crippen LogP contribution is 2.41. The molecule has 2 aromatic rings. The summed E-state index contributed by atoms with van der Waals surface area (Å²) in [4.78, 5) is 15.7. The largest absolute Gasteiger partial charge is 0.416 e. The first-order chi connectivity index (χ1) is 20.5. The van der Waals surface area contributed by atoms with E-state index < -0.39 is 33.7 Å². The number of likely N-dealkylation sites (tertiary alicyclic amines) is 1. The molecule has 2 atom stereocenters. The number of amides is 1. The molecule has 10 heteroatoms. The van der Waals surface area contributed by atoms with Crippen LogP contribution in [-0.2, 0) is 27.4 Å². The van der Waals surface area contributed by atoms with E-state index in [1.54, 1.807) is 6.92 Å². The van der Waals surface area contributed by atoms with Crippen molar-refractivity contribution < 1.29 is 26.4 Å². The summed E-state index contributed by atoms with van der Waals surface area (Å²) in [6.45, 7) is 4.76. The van der Waals surface area contributed by atoms with Crippen LogP contribution in [0.5, 0.6) is 0 Å². The van der Waals surface area contributed by atoms with Crippen LogP contribution >= 0.6 is 0 Å². The number of hydrogen-bond donors (Lipinski definition) is 1. The lowest BCUT2D eigenvalue weighted by Crippen LogP contribution is -2.53. The van der Waals surface area contributed by atoms with E-state index in [2.05, 4.69) is 40.5 Å². The van der Waals surface area contributed by atoms with Gasteiger partial charge in [-0.2, -0.15) is 17.5 Å². The van der Waals surface area contributed by atoms with Crippen molar-refractivity contribution in [3.05, 3.63) is 65.7 Å². The molecular weight excluding hydrogens is 575 g/mol. The van der Waals surface area contributed by atoms with Crippen molar-refractivity contribution in [1.82, 2.24) is 14.5 Å². The Morgan fingerprint density at radius 1 is 0.953 bits per heavy atom. The Bertz CT molecular complexity index is 1340. The van der Waals surface area contributed by atoms with Crippen molar-refractivity contribution in [3.8, 4) is 0 Å². The zero-order valence-corrected chi connectivity index (χ0v) is 25.8. The molecule has 1 saturated carbocycles. The first kappa shape index (κ1) is 32.0. The summed E-state index contributed by atoms with van der Waals surface area (Å²) in [5.41, 5.74) is 0.525. The molecule has 2 heterocycles. The fourth-order valence-electron chi connectivity index (χ4n) is 7.47. The molecule has 2 aliphatic heterocycles. The predicted octanol–water partition coefficient (Wildman–Crippen LogP) is 6.27. The van der Waals surface area contributed by atoms with Gasteiger partial charge in [0.25, 0.3) is 0 Å². The number of nitrogens with zero attached hydrogens (tertiary/aromatic N) is 2. The van der Waals surface area contributed by atoms with E-state index >= 15 is 0 Å². The third-order valence-corrected chi connectivity index (χ3v) is 11.9. The SMILES string of the molecule is CC(C(=O)NCC1CCC(Cc2ccccc2)(N2CCCC2)CC1)C1CCCCN1S(=O)(=O)c1cccc(C(F)(F)F)c1. The Labute approximate surface area is 254 Å². The Morgan fingerprint density at radius 3 is 2.30 bits per heavy atom. The number of carbonyl (C=O) groups is 1. The lowest BCUT2D eigenvalue weighted by Gasteiger charge is -2.47. The number of alkyl halides is 3. The Hall–Kier alpha value is -2.43. The van der Waals surface area contributed by atoms with E-state index in [9.17, 15) is 26.4 Å². The molecule has 0 bridgehead atoms. The van der Waals surface area contributed by atoms with Gasteiger partial charge in [0.1, 0.15) is 0 Å². The number of halogens is 3. The third kappa shape index (κ3) is 7.28. The number of nitrogens with one attached hydrogen (secondary N) is 1. The number of hydrogen-bond acceptors (Lipinski definition) is 4. The Morgan fingerprint density at radius 2 is 1.63 bits per heavy atom. The highest BCUT2D eigenvalue weighted by atomic mass is 32.2. The maximum absolute atomic E-state index is 13.5. The molecule has 1 N–H and O–H groups in total. The van der Waals surface area contributed by atoms with Gasteiger partial charge in [-0.05, 0) is 101 Å². The number of benzene rings is 2. The van der Waals surface area contributed by atoms with E-state index in [0.29, 0.717) is 31.4 Å². The third-order valence-electron chi connectivity index (χ3n) is 10.0. The van der Waals surface area contributed by atoms with Gasteiger partial charge in [0.05, 0.1) is 16.4 Å². The second-order valence-electron chi connectivity index (χ2n) is 12.8. The van der Waals surface area contributed by atoms with Gasteiger partial charge < -0.3 is 5.32 Å². The minimum Gasteiger partial charge on any atom is -0.356 e. The number of sulfonamides is 1. The quantitative estimate of drug-likeness (QED) is 0.360. The van der Waals surface area contributed by atoms with Gasteiger partial charge in [0.2, 0.25) is 15.9 Å². The zero-order valence-electron chi connectivity index (χ0n) is 25.0. The molecule has 2 saturated heterocycles. The van der Waals surface area contributed by atoms with Crippen LogP contribution in [0, 0.1) is 11.8 Å². The first-order valence-electron chi connectivity index (χ1n) is 15.8. The van der Waals surface area contributed by atoms with Crippen molar-refractivity contribution in [2.75, 3.05) is 26.2 Å². The summed E-state index contributed by atoms with van der Waals surface area (Å²) in [6.07, 6.45) is 4.98. The lowest BCUT2D eigenvalue weighted by molar-refractivity contribution is -0.137. The van der Waals surface area contributed by atoms with Crippen LogP contribution in [0.4, 0.5) is 13.2 Å². The molecule has 1 amide bonds. The molecule has 1 aliphatic carbocycles. The summed E-state index contributed by atoms with van der Waals surface area (Å²) in [5.74, 6) is -0.456. The number of carbonyl (C=O) groups excluding carboxylic acids is 1. The summed E-state index contributed by atoms with van der Waals surface area (Å²) < 4.78 is 68.2. The van der Waals surface area contributed by atoms with Crippen molar-refractivity contribution >= 4 is 15.9 Å². The van der Waals surface area contributed by atoms with Crippen LogP contribution in [0.3, 0.4) is 0 Å². The number of rotatable bonds is 9. The van der Waals surface area contributed by atoms with Crippen LogP contribution in [0.1, 0.15) is 75.8 Å². The second-order valence-corrected chi connectivity index (χ2v) is 14.7. The molecule has 236 valence electrons. The van der Waals surface area contributed by atoms with Gasteiger partial charge in [-0.3, -0.25) is 9.69 Å². The monoisotopic (exact) mass is 619 g/mol. The van der Waals surface area contributed by atoms with Gasteiger partial charge in [-0.15, -0.1) is 0 Å². The summed E-state index contributed by atoms with van der Waals surface area (Å²) >= 11 is 0. The molecule has 3 fully saturated rings. The van der Waals surface area contributed by atoms with Gasteiger partial charge in [-0.1, -0.05) is 49.7 Å². The molecular formula is C33H44F3N3O3S. The topological polar surface area (TPSA) is 69.7 Å². The molecule has 2 unspecified atom stereocenters. The van der Waals surface area contributed by atoms with E-state index in [1.807, 2.05) is 0 Å². The fourth-order valence-corrected chi connectivity index (χ4v) is 9.28. The van der Waals surface area contributed by atoms with Crippen LogP contribution in [0.25, 0.3) is 0 Å². The normalized spacial score (nSPS) is 26.7. The van der Waals surface area contributed by atoms with Gasteiger partial charge >= 0.3 is 6.18 Å². The van der Waals surface area contributed by atoms with Gasteiger partial charge in [0, 0.05) is 24.7 Å². The minimum atomic E-state index is -4.64. The highest BCUT2D eigenvalue weighted by molar-refractivity contribution is 7.89.